The Morgan fingerprint density at radius 1 is 0.938 bits per heavy atom. The highest BCUT2D eigenvalue weighted by molar-refractivity contribution is 5.66. The molecule has 5 nitrogen and oxygen atoms in total. The van der Waals surface area contributed by atoms with E-state index in [1.54, 1.807) is 0 Å². The lowest BCUT2D eigenvalue weighted by atomic mass is 10.1. The minimum absolute atomic E-state index is 0.273. The van der Waals surface area contributed by atoms with Crippen molar-refractivity contribution >= 4 is 11.7 Å². The molecule has 2 aromatic carbocycles. The fraction of sp³-hybridized carbons (Fsp3) is 0.481. The number of unbranched alkanes of at least 4 members (excludes halogenated alkanes) is 1. The molecule has 0 radical (unpaired) electrons. The average molecular weight is 436 g/mol. The Bertz CT molecular complexity index is 852. The van der Waals surface area contributed by atoms with Crippen LogP contribution in [0, 0.1) is 11.3 Å². The number of carbonyl (C=O) groups excluding carboxylic acids is 1. The Balaban J connectivity index is 2.12. The number of nitrogens with zero attached hydrogens (tertiary/aromatic N) is 3. The van der Waals surface area contributed by atoms with E-state index in [1.165, 1.54) is 19.8 Å². The van der Waals surface area contributed by atoms with E-state index in [0.717, 1.165) is 62.4 Å². The quantitative estimate of drug-likeness (QED) is 0.288. The van der Waals surface area contributed by atoms with E-state index < -0.39 is 0 Å². The van der Waals surface area contributed by atoms with Gasteiger partial charge in [-0.05, 0) is 69.1 Å². The molecule has 0 unspecified atom stereocenters. The molecule has 2 aromatic rings. The van der Waals surface area contributed by atoms with Gasteiger partial charge in [-0.15, -0.1) is 0 Å². The zero-order valence-electron chi connectivity index (χ0n) is 19.8. The summed E-state index contributed by atoms with van der Waals surface area (Å²) in [6.07, 6.45) is 4.61. The Morgan fingerprint density at radius 3 is 2.22 bits per heavy atom. The van der Waals surface area contributed by atoms with Crippen LogP contribution in [-0.4, -0.2) is 37.0 Å². The minimum atomic E-state index is -0.273. The number of nitriles is 1. The first-order chi connectivity index (χ1) is 15.6. The second-order valence-corrected chi connectivity index (χ2v) is 8.19. The number of hydrogen-bond acceptors (Lipinski definition) is 5. The second-order valence-electron chi connectivity index (χ2n) is 8.19. The number of rotatable bonds is 14. The number of carbonyl (C=O) groups is 1. The largest absolute Gasteiger partial charge is 0.461 e. The SMILES string of the molecule is CCCN(CCC)CCCCN(Cc1ccc(C#N)cc1)c1ccccc1COC(C)=O. The highest BCUT2D eigenvalue weighted by Crippen LogP contribution is 2.24. The van der Waals surface area contributed by atoms with Gasteiger partial charge in [-0.1, -0.05) is 44.2 Å². The summed E-state index contributed by atoms with van der Waals surface area (Å²) in [7, 11) is 0. The van der Waals surface area contributed by atoms with Crippen molar-refractivity contribution in [3.8, 4) is 6.07 Å². The van der Waals surface area contributed by atoms with Crippen LogP contribution in [0.5, 0.6) is 0 Å². The Morgan fingerprint density at radius 2 is 1.59 bits per heavy atom. The Hall–Kier alpha value is -2.84. The van der Waals surface area contributed by atoms with Gasteiger partial charge in [0, 0.05) is 31.3 Å². The summed E-state index contributed by atoms with van der Waals surface area (Å²) in [5.74, 6) is -0.273. The van der Waals surface area contributed by atoms with Crippen molar-refractivity contribution in [2.45, 2.75) is 59.6 Å². The van der Waals surface area contributed by atoms with E-state index in [4.69, 9.17) is 10.00 Å². The molecule has 0 spiro atoms. The van der Waals surface area contributed by atoms with Crippen molar-refractivity contribution in [1.82, 2.24) is 4.90 Å². The third kappa shape index (κ3) is 8.72. The maximum atomic E-state index is 11.4. The van der Waals surface area contributed by atoms with Crippen molar-refractivity contribution in [1.29, 1.82) is 5.26 Å². The summed E-state index contributed by atoms with van der Waals surface area (Å²) >= 11 is 0. The van der Waals surface area contributed by atoms with Gasteiger partial charge in [-0.3, -0.25) is 4.79 Å². The molecular weight excluding hydrogens is 398 g/mol. The standard InChI is InChI=1S/C27H37N3O2/c1-4-16-29(17-5-2)18-8-9-19-30(21-25-14-12-24(20-28)13-15-25)27-11-7-6-10-26(27)22-32-23(3)31/h6-7,10-15H,4-5,8-9,16-19,21-22H2,1-3H3. The average Bonchev–Trinajstić information content (AvgIpc) is 2.80. The van der Waals surface area contributed by atoms with Crippen LogP contribution in [0.15, 0.2) is 48.5 Å². The van der Waals surface area contributed by atoms with Crippen LogP contribution in [0.2, 0.25) is 0 Å². The summed E-state index contributed by atoms with van der Waals surface area (Å²) < 4.78 is 5.30. The van der Waals surface area contributed by atoms with Crippen LogP contribution >= 0.6 is 0 Å². The van der Waals surface area contributed by atoms with E-state index in [9.17, 15) is 4.79 Å². The molecule has 0 saturated heterocycles. The molecule has 0 aliphatic heterocycles. The van der Waals surface area contributed by atoms with Crippen LogP contribution in [-0.2, 0) is 22.7 Å². The highest BCUT2D eigenvalue weighted by Gasteiger charge is 2.13. The first-order valence-electron chi connectivity index (χ1n) is 11.7. The smallest absolute Gasteiger partial charge is 0.302 e. The topological polar surface area (TPSA) is 56.6 Å². The fourth-order valence-corrected chi connectivity index (χ4v) is 3.92. The van der Waals surface area contributed by atoms with Gasteiger partial charge in [-0.2, -0.15) is 5.26 Å². The molecule has 0 aromatic heterocycles. The molecule has 172 valence electrons. The molecule has 0 atom stereocenters. The summed E-state index contributed by atoms with van der Waals surface area (Å²) in [5, 5.41) is 9.09. The van der Waals surface area contributed by atoms with Gasteiger partial charge in [0.1, 0.15) is 6.61 Å². The van der Waals surface area contributed by atoms with E-state index in [-0.39, 0.29) is 12.6 Å². The van der Waals surface area contributed by atoms with Crippen LogP contribution in [0.25, 0.3) is 0 Å². The lowest BCUT2D eigenvalue weighted by Crippen LogP contribution is -2.29. The molecular formula is C27H37N3O2. The van der Waals surface area contributed by atoms with Crippen LogP contribution in [0.4, 0.5) is 5.69 Å². The van der Waals surface area contributed by atoms with Gasteiger partial charge >= 0.3 is 5.97 Å². The van der Waals surface area contributed by atoms with Crippen molar-refractivity contribution in [2.75, 3.05) is 31.1 Å². The number of benzene rings is 2. The molecule has 2 rings (SSSR count). The summed E-state index contributed by atoms with van der Waals surface area (Å²) in [6, 6.07) is 18.1. The maximum Gasteiger partial charge on any atom is 0.302 e. The number of para-hydroxylation sites is 1. The first kappa shape index (κ1) is 25.4. The minimum Gasteiger partial charge on any atom is -0.461 e. The van der Waals surface area contributed by atoms with Crippen molar-refractivity contribution < 1.29 is 9.53 Å². The van der Waals surface area contributed by atoms with E-state index in [1.807, 2.05) is 42.5 Å². The molecule has 0 fully saturated rings. The monoisotopic (exact) mass is 435 g/mol. The van der Waals surface area contributed by atoms with Gasteiger partial charge in [-0.25, -0.2) is 0 Å². The third-order valence-corrected chi connectivity index (χ3v) is 5.45. The predicted molar refractivity (Wildman–Crippen MR) is 130 cm³/mol. The molecule has 0 aliphatic rings. The maximum absolute atomic E-state index is 11.4. The van der Waals surface area contributed by atoms with Gasteiger partial charge in [0.15, 0.2) is 0 Å². The van der Waals surface area contributed by atoms with Gasteiger partial charge in [0.25, 0.3) is 0 Å². The molecule has 0 N–H and O–H groups in total. The van der Waals surface area contributed by atoms with Crippen LogP contribution < -0.4 is 4.90 Å². The zero-order chi connectivity index (χ0) is 23.2. The number of esters is 1. The number of anilines is 1. The van der Waals surface area contributed by atoms with Crippen molar-refractivity contribution in [2.24, 2.45) is 0 Å². The molecule has 5 heteroatoms. The highest BCUT2D eigenvalue weighted by atomic mass is 16.5. The molecule has 0 bridgehead atoms. The molecule has 32 heavy (non-hydrogen) atoms. The van der Waals surface area contributed by atoms with E-state index in [0.29, 0.717) is 5.56 Å². The lowest BCUT2D eigenvalue weighted by Gasteiger charge is -2.28. The van der Waals surface area contributed by atoms with E-state index in [2.05, 4.69) is 35.8 Å². The van der Waals surface area contributed by atoms with Crippen molar-refractivity contribution in [3.63, 3.8) is 0 Å². The Kier molecular flexibility index (Phi) is 11.3. The number of hydrogen-bond donors (Lipinski definition) is 0. The third-order valence-electron chi connectivity index (χ3n) is 5.45. The normalized spacial score (nSPS) is 10.7. The molecule has 0 saturated carbocycles. The first-order valence-corrected chi connectivity index (χ1v) is 11.7. The molecule has 0 heterocycles. The summed E-state index contributed by atoms with van der Waals surface area (Å²) in [6.45, 7) is 11.3. The molecule has 0 amide bonds. The lowest BCUT2D eigenvalue weighted by molar-refractivity contribution is -0.142. The van der Waals surface area contributed by atoms with E-state index >= 15 is 0 Å². The predicted octanol–water partition coefficient (Wildman–Crippen LogP) is 5.53. The van der Waals surface area contributed by atoms with Crippen LogP contribution in [0.1, 0.15) is 63.1 Å². The Labute approximate surface area is 193 Å². The zero-order valence-corrected chi connectivity index (χ0v) is 19.8. The van der Waals surface area contributed by atoms with Gasteiger partial charge in [0.05, 0.1) is 11.6 Å². The number of ether oxygens (including phenoxy) is 1. The molecule has 0 aliphatic carbocycles. The van der Waals surface area contributed by atoms with Crippen molar-refractivity contribution in [3.05, 3.63) is 65.2 Å². The van der Waals surface area contributed by atoms with Crippen LogP contribution in [0.3, 0.4) is 0 Å². The summed E-state index contributed by atoms with van der Waals surface area (Å²) in [4.78, 5) is 16.3. The second kappa shape index (κ2) is 14.3. The van der Waals surface area contributed by atoms with Gasteiger partial charge in [0.2, 0.25) is 0 Å². The van der Waals surface area contributed by atoms with Gasteiger partial charge < -0.3 is 14.5 Å². The summed E-state index contributed by atoms with van der Waals surface area (Å²) in [5.41, 5.74) is 3.93. The fourth-order valence-electron chi connectivity index (χ4n) is 3.92.